The van der Waals surface area contributed by atoms with Gasteiger partial charge in [-0.2, -0.15) is 0 Å². The Labute approximate surface area is 93.1 Å². The molecule has 0 N–H and O–H groups in total. The Morgan fingerprint density at radius 2 is 2.33 bits per heavy atom. The van der Waals surface area contributed by atoms with Crippen LogP contribution in [0.5, 0.6) is 0 Å². The molecule has 0 aromatic carbocycles. The summed E-state index contributed by atoms with van der Waals surface area (Å²) in [5.41, 5.74) is 0.283. The maximum absolute atomic E-state index is 13.2. The average Bonchev–Trinajstić information content (AvgIpc) is 2.65. The van der Waals surface area contributed by atoms with E-state index in [1.807, 2.05) is 0 Å². The molecule has 76 valence electrons. The van der Waals surface area contributed by atoms with Gasteiger partial charge in [0.25, 0.3) is 0 Å². The number of pyridine rings is 1. The van der Waals surface area contributed by atoms with Gasteiger partial charge in [-0.05, 0) is 22.0 Å². The second-order valence-corrected chi connectivity index (χ2v) is 3.61. The van der Waals surface area contributed by atoms with Crippen LogP contribution in [-0.2, 0) is 0 Å². The van der Waals surface area contributed by atoms with Crippen molar-refractivity contribution in [2.24, 2.45) is 0 Å². The molecule has 5 heteroatoms. The first kappa shape index (κ1) is 10.0. The lowest BCUT2D eigenvalue weighted by Gasteiger charge is -1.97. The largest absolute Gasteiger partial charge is 0.457 e. The highest BCUT2D eigenvalue weighted by Crippen LogP contribution is 2.18. The monoisotopic (exact) mass is 269 g/mol. The van der Waals surface area contributed by atoms with Crippen molar-refractivity contribution in [1.29, 1.82) is 0 Å². The molecule has 0 unspecified atom stereocenters. The van der Waals surface area contributed by atoms with Gasteiger partial charge in [-0.25, -0.2) is 4.39 Å². The first-order chi connectivity index (χ1) is 7.18. The second kappa shape index (κ2) is 3.94. The summed E-state index contributed by atoms with van der Waals surface area (Å²) in [5, 5.41) is 0. The normalized spacial score (nSPS) is 10.3. The minimum Gasteiger partial charge on any atom is -0.457 e. The van der Waals surface area contributed by atoms with E-state index in [1.54, 1.807) is 0 Å². The smallest absolute Gasteiger partial charge is 0.199 e. The number of nitrogens with zero attached hydrogens (tertiary/aromatic N) is 1. The number of aromatic nitrogens is 1. The van der Waals surface area contributed by atoms with Gasteiger partial charge in [0.2, 0.25) is 0 Å². The third kappa shape index (κ3) is 1.97. The fraction of sp³-hybridized carbons (Fsp3) is 0. The molecule has 3 nitrogen and oxygen atoms in total. The Kier molecular flexibility index (Phi) is 2.64. The molecule has 2 heterocycles. The maximum atomic E-state index is 13.2. The molecule has 15 heavy (non-hydrogen) atoms. The summed E-state index contributed by atoms with van der Waals surface area (Å²) >= 11 is 3.07. The van der Waals surface area contributed by atoms with Crippen LogP contribution in [0.2, 0.25) is 0 Å². The molecule has 0 radical (unpaired) electrons. The Hall–Kier alpha value is -1.49. The Morgan fingerprint density at radius 3 is 2.93 bits per heavy atom. The summed E-state index contributed by atoms with van der Waals surface area (Å²) in [6, 6.07) is 2.82. The van der Waals surface area contributed by atoms with Crippen molar-refractivity contribution in [2.45, 2.75) is 0 Å². The zero-order chi connectivity index (χ0) is 10.8. The van der Waals surface area contributed by atoms with Crippen molar-refractivity contribution < 1.29 is 13.6 Å². The summed E-state index contributed by atoms with van der Waals surface area (Å²) in [7, 11) is 0. The van der Waals surface area contributed by atoms with Crippen LogP contribution < -0.4 is 0 Å². The number of carbonyl (C=O) groups excluding carboxylic acids is 1. The number of ketones is 1. The van der Waals surface area contributed by atoms with E-state index >= 15 is 0 Å². The standard InChI is InChI=1S/C10H5BrFNO2/c11-9-3-6(5-15-9)10(14)7-1-2-13-4-8(7)12/h1-5H. The lowest BCUT2D eigenvalue weighted by atomic mass is 10.1. The van der Waals surface area contributed by atoms with Crippen LogP contribution >= 0.6 is 15.9 Å². The van der Waals surface area contributed by atoms with E-state index in [1.165, 1.54) is 24.6 Å². The number of hydrogen-bond acceptors (Lipinski definition) is 3. The minimum absolute atomic E-state index is 0.0155. The highest BCUT2D eigenvalue weighted by molar-refractivity contribution is 9.10. The topological polar surface area (TPSA) is 43.1 Å². The molecule has 0 aliphatic carbocycles. The lowest BCUT2D eigenvalue weighted by Crippen LogP contribution is -2.03. The van der Waals surface area contributed by atoms with Gasteiger partial charge in [0.1, 0.15) is 6.26 Å². The van der Waals surface area contributed by atoms with Crippen molar-refractivity contribution in [3.8, 4) is 0 Å². The Morgan fingerprint density at radius 1 is 1.53 bits per heavy atom. The molecule has 0 atom stereocenters. The predicted octanol–water partition coefficient (Wildman–Crippen LogP) is 2.81. The van der Waals surface area contributed by atoms with E-state index in [0.29, 0.717) is 10.2 Å². The lowest BCUT2D eigenvalue weighted by molar-refractivity contribution is 0.103. The molecule has 0 spiro atoms. The van der Waals surface area contributed by atoms with Crippen molar-refractivity contribution in [1.82, 2.24) is 4.98 Å². The fourth-order valence-electron chi connectivity index (χ4n) is 1.14. The van der Waals surface area contributed by atoms with Crippen molar-refractivity contribution in [3.05, 3.63) is 52.4 Å². The van der Waals surface area contributed by atoms with E-state index < -0.39 is 11.6 Å². The number of furan rings is 1. The number of hydrogen-bond donors (Lipinski definition) is 0. The van der Waals surface area contributed by atoms with E-state index in [2.05, 4.69) is 20.9 Å². The van der Waals surface area contributed by atoms with Gasteiger partial charge < -0.3 is 4.42 Å². The van der Waals surface area contributed by atoms with E-state index in [-0.39, 0.29) is 5.56 Å². The van der Waals surface area contributed by atoms with Crippen LogP contribution in [0.1, 0.15) is 15.9 Å². The number of halogens is 2. The minimum atomic E-state index is -0.639. The molecule has 2 aromatic heterocycles. The SMILES string of the molecule is O=C(c1coc(Br)c1)c1ccncc1F. The molecule has 0 aliphatic heterocycles. The number of carbonyl (C=O) groups is 1. The van der Waals surface area contributed by atoms with Crippen LogP contribution in [-0.4, -0.2) is 10.8 Å². The zero-order valence-corrected chi connectivity index (χ0v) is 8.99. The second-order valence-electron chi connectivity index (χ2n) is 2.82. The average molecular weight is 270 g/mol. The first-order valence-electron chi connectivity index (χ1n) is 4.07. The summed E-state index contributed by atoms with van der Waals surface area (Å²) in [5.74, 6) is -1.07. The van der Waals surface area contributed by atoms with Crippen molar-refractivity contribution in [3.63, 3.8) is 0 Å². The molecular formula is C10H5BrFNO2. The highest BCUT2D eigenvalue weighted by atomic mass is 79.9. The van der Waals surface area contributed by atoms with Crippen LogP contribution in [0.15, 0.2) is 39.9 Å². The molecule has 0 saturated carbocycles. The van der Waals surface area contributed by atoms with E-state index in [4.69, 9.17) is 4.42 Å². The highest BCUT2D eigenvalue weighted by Gasteiger charge is 2.15. The van der Waals surface area contributed by atoms with Crippen LogP contribution in [0.25, 0.3) is 0 Å². The molecule has 0 fully saturated rings. The van der Waals surface area contributed by atoms with Crippen molar-refractivity contribution >= 4 is 21.7 Å². The Balaban J connectivity index is 2.41. The van der Waals surface area contributed by atoms with Gasteiger partial charge in [0, 0.05) is 12.3 Å². The molecular weight excluding hydrogens is 265 g/mol. The summed E-state index contributed by atoms with van der Waals surface area (Å²) in [4.78, 5) is 15.3. The van der Waals surface area contributed by atoms with Gasteiger partial charge in [-0.15, -0.1) is 0 Å². The van der Waals surface area contributed by atoms with Crippen LogP contribution in [0.4, 0.5) is 4.39 Å². The van der Waals surface area contributed by atoms with Crippen LogP contribution in [0, 0.1) is 5.82 Å². The van der Waals surface area contributed by atoms with Gasteiger partial charge in [0.15, 0.2) is 16.3 Å². The van der Waals surface area contributed by atoms with Gasteiger partial charge in [0.05, 0.1) is 17.3 Å². The van der Waals surface area contributed by atoms with Gasteiger partial charge in [-0.3, -0.25) is 9.78 Å². The third-order valence-electron chi connectivity index (χ3n) is 1.85. The fourth-order valence-corrected chi connectivity index (χ4v) is 1.48. The third-order valence-corrected chi connectivity index (χ3v) is 2.26. The predicted molar refractivity (Wildman–Crippen MR) is 54.0 cm³/mol. The van der Waals surface area contributed by atoms with E-state index in [9.17, 15) is 9.18 Å². The maximum Gasteiger partial charge on any atom is 0.199 e. The zero-order valence-electron chi connectivity index (χ0n) is 7.41. The van der Waals surface area contributed by atoms with Gasteiger partial charge >= 0.3 is 0 Å². The Bertz CT molecular complexity index is 510. The van der Waals surface area contributed by atoms with Gasteiger partial charge in [-0.1, -0.05) is 0 Å². The molecule has 0 aliphatic rings. The molecule has 0 amide bonds. The summed E-state index contributed by atoms with van der Waals surface area (Å²) in [6.07, 6.45) is 3.64. The number of rotatable bonds is 2. The summed E-state index contributed by atoms with van der Waals surface area (Å²) in [6.45, 7) is 0. The molecule has 2 rings (SSSR count). The molecule has 0 bridgehead atoms. The van der Waals surface area contributed by atoms with E-state index in [0.717, 1.165) is 6.20 Å². The van der Waals surface area contributed by atoms with Crippen molar-refractivity contribution in [2.75, 3.05) is 0 Å². The molecule has 2 aromatic rings. The van der Waals surface area contributed by atoms with Crippen LogP contribution in [0.3, 0.4) is 0 Å². The summed E-state index contributed by atoms with van der Waals surface area (Å²) < 4.78 is 18.5. The molecule has 0 saturated heterocycles. The quantitative estimate of drug-likeness (QED) is 0.788. The first-order valence-corrected chi connectivity index (χ1v) is 4.86.